The summed E-state index contributed by atoms with van der Waals surface area (Å²) in [5, 5.41) is 11.2. The molecule has 0 aliphatic carbocycles. The highest BCUT2D eigenvalue weighted by molar-refractivity contribution is 7.20. The molecule has 7 heteroatoms. The molecule has 98 valence electrons. The quantitative estimate of drug-likeness (QED) is 0.828. The van der Waals surface area contributed by atoms with Crippen molar-refractivity contribution in [3.63, 3.8) is 0 Å². The van der Waals surface area contributed by atoms with E-state index in [0.29, 0.717) is 26.0 Å². The minimum Gasteiger partial charge on any atom is -0.421 e. The summed E-state index contributed by atoms with van der Waals surface area (Å²) in [5.41, 5.74) is 0.706. The van der Waals surface area contributed by atoms with Gasteiger partial charge in [0.2, 0.25) is 11.8 Å². The lowest BCUT2D eigenvalue weighted by atomic mass is 10.3. The van der Waals surface area contributed by atoms with Gasteiger partial charge < -0.3 is 9.73 Å². The third-order valence-electron chi connectivity index (χ3n) is 2.35. The van der Waals surface area contributed by atoms with Crippen LogP contribution < -0.4 is 5.32 Å². The van der Waals surface area contributed by atoms with Crippen molar-refractivity contribution in [1.82, 2.24) is 15.5 Å². The molecule has 0 unspecified atom stereocenters. The van der Waals surface area contributed by atoms with Crippen LogP contribution in [-0.2, 0) is 6.42 Å². The third-order valence-corrected chi connectivity index (χ3v) is 3.84. The molecule has 2 heterocycles. The molecule has 2 aromatic rings. The zero-order chi connectivity index (χ0) is 13.0. The summed E-state index contributed by atoms with van der Waals surface area (Å²) in [7, 11) is 0. The molecule has 0 amide bonds. The first-order valence-corrected chi connectivity index (χ1v) is 7.26. The van der Waals surface area contributed by atoms with Crippen molar-refractivity contribution in [3.8, 4) is 11.5 Å². The number of rotatable bonds is 6. The molecule has 0 saturated heterocycles. The highest BCUT2D eigenvalue weighted by Crippen LogP contribution is 2.37. The maximum Gasteiger partial charge on any atom is 0.250 e. The summed E-state index contributed by atoms with van der Waals surface area (Å²) < 4.78 is 6.74. The van der Waals surface area contributed by atoms with Crippen LogP contribution >= 0.6 is 34.5 Å². The molecule has 0 aliphatic rings. The van der Waals surface area contributed by atoms with Crippen LogP contribution in [0.1, 0.15) is 19.2 Å². The number of aromatic nitrogens is 2. The number of nitrogens with one attached hydrogen (secondary N) is 1. The summed E-state index contributed by atoms with van der Waals surface area (Å²) in [6, 6.07) is 1.74. The molecule has 0 atom stereocenters. The van der Waals surface area contributed by atoms with E-state index in [0.717, 1.165) is 25.9 Å². The van der Waals surface area contributed by atoms with Gasteiger partial charge in [0.1, 0.15) is 4.34 Å². The summed E-state index contributed by atoms with van der Waals surface area (Å²) in [6.07, 6.45) is 1.73. The number of thiophene rings is 1. The molecule has 0 spiro atoms. The van der Waals surface area contributed by atoms with E-state index in [9.17, 15) is 0 Å². The second-order valence-electron chi connectivity index (χ2n) is 3.70. The molecule has 1 N–H and O–H groups in total. The fraction of sp³-hybridized carbons (Fsp3) is 0.455. The van der Waals surface area contributed by atoms with Gasteiger partial charge in [-0.05, 0) is 25.6 Å². The molecular weight excluding hydrogens is 293 g/mol. The average molecular weight is 306 g/mol. The van der Waals surface area contributed by atoms with Crippen LogP contribution in [0.2, 0.25) is 8.67 Å². The Morgan fingerprint density at radius 3 is 2.89 bits per heavy atom. The van der Waals surface area contributed by atoms with Crippen molar-refractivity contribution in [2.75, 3.05) is 13.1 Å². The lowest BCUT2D eigenvalue weighted by molar-refractivity contribution is 0.492. The van der Waals surface area contributed by atoms with Gasteiger partial charge in [0.05, 0.1) is 9.90 Å². The zero-order valence-electron chi connectivity index (χ0n) is 9.87. The monoisotopic (exact) mass is 305 g/mol. The standard InChI is InChI=1S/C11H13Cl2N3OS/c1-2-14-5-3-4-9-15-16-11(17-9)7-6-8(12)18-10(7)13/h6,14H,2-5H2,1H3. The van der Waals surface area contributed by atoms with Crippen LogP contribution in [0.5, 0.6) is 0 Å². The number of aryl methyl sites for hydroxylation is 1. The Hall–Kier alpha value is -0.620. The van der Waals surface area contributed by atoms with E-state index < -0.39 is 0 Å². The van der Waals surface area contributed by atoms with Crippen molar-refractivity contribution < 1.29 is 4.42 Å². The molecule has 2 aromatic heterocycles. The number of hydrogen-bond donors (Lipinski definition) is 1. The van der Waals surface area contributed by atoms with Crippen LogP contribution in [0.25, 0.3) is 11.5 Å². The van der Waals surface area contributed by atoms with E-state index in [4.69, 9.17) is 27.6 Å². The highest BCUT2D eigenvalue weighted by atomic mass is 35.5. The van der Waals surface area contributed by atoms with E-state index in [1.54, 1.807) is 6.07 Å². The first kappa shape index (κ1) is 13.8. The topological polar surface area (TPSA) is 51.0 Å². The molecule has 0 saturated carbocycles. The lowest BCUT2D eigenvalue weighted by Gasteiger charge is -1.97. The van der Waals surface area contributed by atoms with E-state index in [-0.39, 0.29) is 0 Å². The van der Waals surface area contributed by atoms with E-state index in [1.807, 2.05) is 0 Å². The van der Waals surface area contributed by atoms with Crippen molar-refractivity contribution in [3.05, 3.63) is 20.6 Å². The maximum atomic E-state index is 6.03. The van der Waals surface area contributed by atoms with Gasteiger partial charge >= 0.3 is 0 Å². The van der Waals surface area contributed by atoms with Crippen molar-refractivity contribution in [2.24, 2.45) is 0 Å². The number of hydrogen-bond acceptors (Lipinski definition) is 5. The van der Waals surface area contributed by atoms with Gasteiger partial charge in [-0.3, -0.25) is 0 Å². The largest absolute Gasteiger partial charge is 0.421 e. The van der Waals surface area contributed by atoms with Crippen LogP contribution in [0.15, 0.2) is 10.5 Å². The Morgan fingerprint density at radius 2 is 2.22 bits per heavy atom. The second-order valence-corrected chi connectivity index (χ2v) is 5.98. The molecule has 0 fully saturated rings. The second kappa shape index (κ2) is 6.52. The molecule has 0 bridgehead atoms. The van der Waals surface area contributed by atoms with Crippen LogP contribution in [0.3, 0.4) is 0 Å². The highest BCUT2D eigenvalue weighted by Gasteiger charge is 2.14. The minimum absolute atomic E-state index is 0.432. The predicted molar refractivity (Wildman–Crippen MR) is 74.5 cm³/mol. The maximum absolute atomic E-state index is 6.03. The summed E-state index contributed by atoms with van der Waals surface area (Å²) >= 11 is 13.2. The molecule has 2 rings (SSSR count). The smallest absolute Gasteiger partial charge is 0.250 e. The van der Waals surface area contributed by atoms with Crippen LogP contribution in [0.4, 0.5) is 0 Å². The van der Waals surface area contributed by atoms with Gasteiger partial charge in [-0.25, -0.2) is 0 Å². The molecule has 0 aromatic carbocycles. The van der Waals surface area contributed by atoms with Crippen LogP contribution in [-0.4, -0.2) is 23.3 Å². The van der Waals surface area contributed by atoms with Gasteiger partial charge in [-0.15, -0.1) is 21.5 Å². The number of nitrogens with zero attached hydrogens (tertiary/aromatic N) is 2. The Balaban J connectivity index is 1.99. The first-order chi connectivity index (χ1) is 8.70. The SMILES string of the molecule is CCNCCCc1nnc(-c2cc(Cl)sc2Cl)o1. The molecule has 4 nitrogen and oxygen atoms in total. The fourth-order valence-electron chi connectivity index (χ4n) is 1.49. The van der Waals surface area contributed by atoms with Gasteiger partial charge in [-0.2, -0.15) is 0 Å². The predicted octanol–water partition coefficient (Wildman–Crippen LogP) is 3.65. The minimum atomic E-state index is 0.432. The Bertz CT molecular complexity index is 512. The van der Waals surface area contributed by atoms with Gasteiger partial charge in [-0.1, -0.05) is 30.1 Å². The molecule has 18 heavy (non-hydrogen) atoms. The molecule has 0 radical (unpaired) electrons. The third kappa shape index (κ3) is 3.45. The Morgan fingerprint density at radius 1 is 1.39 bits per heavy atom. The summed E-state index contributed by atoms with van der Waals surface area (Å²) in [4.78, 5) is 0. The normalized spacial score (nSPS) is 11.1. The lowest BCUT2D eigenvalue weighted by Crippen LogP contribution is -2.14. The van der Waals surface area contributed by atoms with E-state index in [1.165, 1.54) is 11.3 Å². The summed E-state index contributed by atoms with van der Waals surface area (Å²) in [5.74, 6) is 1.06. The van der Waals surface area contributed by atoms with Crippen LogP contribution in [0, 0.1) is 0 Å². The van der Waals surface area contributed by atoms with Crippen molar-refractivity contribution in [1.29, 1.82) is 0 Å². The van der Waals surface area contributed by atoms with Gasteiger partial charge in [0.25, 0.3) is 0 Å². The summed E-state index contributed by atoms with van der Waals surface area (Å²) in [6.45, 7) is 3.99. The van der Waals surface area contributed by atoms with Crippen molar-refractivity contribution >= 4 is 34.5 Å². The molecular formula is C11H13Cl2N3OS. The van der Waals surface area contributed by atoms with Crippen molar-refractivity contribution in [2.45, 2.75) is 19.8 Å². The first-order valence-electron chi connectivity index (χ1n) is 5.69. The Kier molecular flexibility index (Phi) is 5.00. The van der Waals surface area contributed by atoms with E-state index >= 15 is 0 Å². The van der Waals surface area contributed by atoms with E-state index in [2.05, 4.69) is 22.4 Å². The Labute approximate surface area is 119 Å². The average Bonchev–Trinajstić information content (AvgIpc) is 2.91. The zero-order valence-corrected chi connectivity index (χ0v) is 12.2. The number of halogens is 2. The molecule has 0 aliphatic heterocycles. The van der Waals surface area contributed by atoms with Gasteiger partial charge in [0.15, 0.2) is 0 Å². The van der Waals surface area contributed by atoms with Gasteiger partial charge in [0, 0.05) is 6.42 Å². The fourth-order valence-corrected chi connectivity index (χ4v) is 2.94.